The number of ether oxygens (including phenoxy) is 1. The molecule has 2 rings (SSSR count). The van der Waals surface area contributed by atoms with E-state index in [2.05, 4.69) is 0 Å². The fourth-order valence-electron chi connectivity index (χ4n) is 1.88. The predicted molar refractivity (Wildman–Crippen MR) is 52.8 cm³/mol. The first-order valence-corrected chi connectivity index (χ1v) is 4.98. The number of rotatable bonds is 2. The number of fused-ring (bicyclic) bond motifs is 1. The summed E-state index contributed by atoms with van der Waals surface area (Å²) in [5, 5.41) is 0. The number of benzene rings is 1. The minimum atomic E-state index is -0.906. The summed E-state index contributed by atoms with van der Waals surface area (Å²) in [7, 11) is 0. The lowest BCUT2D eigenvalue weighted by atomic mass is 9.94. The van der Waals surface area contributed by atoms with Crippen LogP contribution in [0, 0.1) is 11.6 Å². The fourth-order valence-corrected chi connectivity index (χ4v) is 1.88. The highest BCUT2D eigenvalue weighted by atomic mass is 19.2. The standard InChI is InChI=1S/C11H13F2NO/c1-2-11(6-14)5-7-3-4-8(12)9(13)10(7)15-11/h3-4H,2,5-6,14H2,1H3. The molecule has 0 spiro atoms. The molecule has 0 saturated heterocycles. The van der Waals surface area contributed by atoms with Gasteiger partial charge >= 0.3 is 0 Å². The van der Waals surface area contributed by atoms with Crippen molar-refractivity contribution in [3.8, 4) is 5.75 Å². The second kappa shape index (κ2) is 3.45. The molecule has 2 N–H and O–H groups in total. The van der Waals surface area contributed by atoms with Crippen molar-refractivity contribution < 1.29 is 13.5 Å². The number of hydrogen-bond donors (Lipinski definition) is 1. The van der Waals surface area contributed by atoms with Crippen molar-refractivity contribution in [1.29, 1.82) is 0 Å². The Labute approximate surface area is 87.0 Å². The van der Waals surface area contributed by atoms with Crippen LogP contribution in [-0.2, 0) is 6.42 Å². The Morgan fingerprint density at radius 3 is 2.80 bits per heavy atom. The van der Waals surface area contributed by atoms with E-state index in [-0.39, 0.29) is 5.75 Å². The van der Waals surface area contributed by atoms with Gasteiger partial charge in [0.2, 0.25) is 5.82 Å². The molecular formula is C11H13F2NO. The van der Waals surface area contributed by atoms with Crippen molar-refractivity contribution >= 4 is 0 Å². The van der Waals surface area contributed by atoms with Crippen molar-refractivity contribution in [2.75, 3.05) is 6.54 Å². The average Bonchev–Trinajstić information content (AvgIpc) is 2.64. The van der Waals surface area contributed by atoms with Gasteiger partial charge in [-0.25, -0.2) is 4.39 Å². The van der Waals surface area contributed by atoms with Crippen LogP contribution < -0.4 is 10.5 Å². The Bertz CT molecular complexity index is 388. The number of halogens is 2. The van der Waals surface area contributed by atoms with Crippen molar-refractivity contribution in [1.82, 2.24) is 0 Å². The van der Waals surface area contributed by atoms with Gasteiger partial charge in [0.1, 0.15) is 5.60 Å². The highest BCUT2D eigenvalue weighted by Gasteiger charge is 2.38. The van der Waals surface area contributed by atoms with Crippen LogP contribution in [0.5, 0.6) is 5.75 Å². The SMILES string of the molecule is CCC1(CN)Cc2ccc(F)c(F)c2O1. The van der Waals surface area contributed by atoms with E-state index >= 15 is 0 Å². The predicted octanol–water partition coefficient (Wildman–Crippen LogP) is 2.01. The minimum absolute atomic E-state index is 0.0299. The van der Waals surface area contributed by atoms with Gasteiger partial charge in [-0.2, -0.15) is 4.39 Å². The van der Waals surface area contributed by atoms with E-state index in [1.165, 1.54) is 0 Å². The third-order valence-electron chi connectivity index (χ3n) is 2.98. The third-order valence-corrected chi connectivity index (χ3v) is 2.98. The molecule has 4 heteroatoms. The summed E-state index contributed by atoms with van der Waals surface area (Å²) in [6.07, 6.45) is 1.23. The van der Waals surface area contributed by atoms with E-state index in [4.69, 9.17) is 10.5 Å². The molecule has 0 aliphatic carbocycles. The maximum absolute atomic E-state index is 13.4. The number of nitrogens with two attached hydrogens (primary N) is 1. The summed E-state index contributed by atoms with van der Waals surface area (Å²) in [4.78, 5) is 0. The molecule has 0 aromatic heterocycles. The highest BCUT2D eigenvalue weighted by Crippen LogP contribution is 2.39. The van der Waals surface area contributed by atoms with Gasteiger partial charge in [-0.1, -0.05) is 13.0 Å². The van der Waals surface area contributed by atoms with Gasteiger partial charge in [-0.3, -0.25) is 0 Å². The Kier molecular flexibility index (Phi) is 2.38. The Morgan fingerprint density at radius 2 is 2.20 bits per heavy atom. The third kappa shape index (κ3) is 1.49. The van der Waals surface area contributed by atoms with Gasteiger partial charge in [0.15, 0.2) is 11.6 Å². The molecule has 1 aliphatic rings. The quantitative estimate of drug-likeness (QED) is 0.815. The zero-order chi connectivity index (χ0) is 11.1. The zero-order valence-electron chi connectivity index (χ0n) is 8.52. The topological polar surface area (TPSA) is 35.2 Å². The lowest BCUT2D eigenvalue weighted by Crippen LogP contribution is -2.41. The van der Waals surface area contributed by atoms with Gasteiger partial charge in [0.25, 0.3) is 0 Å². The molecule has 1 aromatic rings. The molecule has 15 heavy (non-hydrogen) atoms. The second-order valence-electron chi connectivity index (χ2n) is 3.87. The molecule has 0 amide bonds. The molecule has 0 saturated carbocycles. The van der Waals surface area contributed by atoms with E-state index in [1.807, 2.05) is 6.92 Å². The molecule has 1 aromatic carbocycles. The molecule has 0 radical (unpaired) electrons. The largest absolute Gasteiger partial charge is 0.482 e. The molecule has 1 aliphatic heterocycles. The van der Waals surface area contributed by atoms with Crippen LogP contribution in [0.2, 0.25) is 0 Å². The first kappa shape index (κ1) is 10.4. The van der Waals surface area contributed by atoms with Gasteiger partial charge in [-0.15, -0.1) is 0 Å². The van der Waals surface area contributed by atoms with Crippen LogP contribution in [0.3, 0.4) is 0 Å². The van der Waals surface area contributed by atoms with E-state index in [0.717, 1.165) is 6.07 Å². The summed E-state index contributed by atoms with van der Waals surface area (Å²) in [5.74, 6) is -1.75. The monoisotopic (exact) mass is 213 g/mol. The molecule has 0 bridgehead atoms. The van der Waals surface area contributed by atoms with Crippen molar-refractivity contribution in [3.63, 3.8) is 0 Å². The van der Waals surface area contributed by atoms with Gasteiger partial charge in [0.05, 0.1) is 0 Å². The molecule has 82 valence electrons. The Hall–Kier alpha value is -1.16. The van der Waals surface area contributed by atoms with E-state index in [1.54, 1.807) is 6.07 Å². The molecule has 1 atom stereocenters. The maximum atomic E-state index is 13.4. The minimum Gasteiger partial charge on any atom is -0.482 e. The molecule has 0 fully saturated rings. The van der Waals surface area contributed by atoms with Gasteiger partial charge in [-0.05, 0) is 12.5 Å². The maximum Gasteiger partial charge on any atom is 0.200 e. The van der Waals surface area contributed by atoms with Crippen LogP contribution in [-0.4, -0.2) is 12.1 Å². The second-order valence-corrected chi connectivity index (χ2v) is 3.87. The number of hydrogen-bond acceptors (Lipinski definition) is 2. The normalized spacial score (nSPS) is 23.7. The summed E-state index contributed by atoms with van der Waals surface area (Å²) in [6.45, 7) is 2.23. The molecule has 2 nitrogen and oxygen atoms in total. The van der Waals surface area contributed by atoms with Crippen molar-refractivity contribution in [2.24, 2.45) is 5.73 Å². The molecule has 1 heterocycles. The smallest absolute Gasteiger partial charge is 0.200 e. The van der Waals surface area contributed by atoms with Gasteiger partial charge in [0, 0.05) is 18.5 Å². The average molecular weight is 213 g/mol. The summed E-state index contributed by atoms with van der Waals surface area (Å²) < 4.78 is 31.8. The first-order valence-electron chi connectivity index (χ1n) is 4.98. The highest BCUT2D eigenvalue weighted by molar-refractivity contribution is 5.41. The van der Waals surface area contributed by atoms with E-state index < -0.39 is 17.2 Å². The molecular weight excluding hydrogens is 200 g/mol. The lowest BCUT2D eigenvalue weighted by molar-refractivity contribution is 0.0945. The van der Waals surface area contributed by atoms with Crippen LogP contribution >= 0.6 is 0 Å². The lowest BCUT2D eigenvalue weighted by Gasteiger charge is -2.25. The fraction of sp³-hybridized carbons (Fsp3) is 0.455. The summed E-state index contributed by atoms with van der Waals surface area (Å²) >= 11 is 0. The summed E-state index contributed by atoms with van der Waals surface area (Å²) in [6, 6.07) is 2.68. The zero-order valence-corrected chi connectivity index (χ0v) is 8.52. The Morgan fingerprint density at radius 1 is 1.47 bits per heavy atom. The van der Waals surface area contributed by atoms with Crippen LogP contribution in [0.4, 0.5) is 8.78 Å². The first-order chi connectivity index (χ1) is 7.12. The van der Waals surface area contributed by atoms with Crippen molar-refractivity contribution in [2.45, 2.75) is 25.4 Å². The van der Waals surface area contributed by atoms with Crippen LogP contribution in [0.25, 0.3) is 0 Å². The van der Waals surface area contributed by atoms with Crippen molar-refractivity contribution in [3.05, 3.63) is 29.3 Å². The van der Waals surface area contributed by atoms with Crippen LogP contribution in [0.1, 0.15) is 18.9 Å². The molecule has 1 unspecified atom stereocenters. The van der Waals surface area contributed by atoms with Gasteiger partial charge < -0.3 is 10.5 Å². The summed E-state index contributed by atoms with van der Waals surface area (Å²) in [5.41, 5.74) is 5.74. The van der Waals surface area contributed by atoms with Crippen LogP contribution in [0.15, 0.2) is 12.1 Å². The van der Waals surface area contributed by atoms with E-state index in [9.17, 15) is 8.78 Å². The Balaban J connectivity index is 2.42. The van der Waals surface area contributed by atoms with E-state index in [0.29, 0.717) is 24.9 Å².